The van der Waals surface area contributed by atoms with Crippen LogP contribution in [0.2, 0.25) is 0 Å². The van der Waals surface area contributed by atoms with Crippen LogP contribution >= 0.6 is 11.3 Å². The van der Waals surface area contributed by atoms with Crippen molar-refractivity contribution in [3.63, 3.8) is 0 Å². The SMILES string of the molecule is Cc1cc(C)c2nc(NC(=O)c3cccc(F)n3)sc2c1. The van der Waals surface area contributed by atoms with Crippen LogP contribution in [0, 0.1) is 19.8 Å². The second-order valence-electron chi connectivity index (χ2n) is 4.75. The van der Waals surface area contributed by atoms with Crippen LogP contribution in [0.25, 0.3) is 10.2 Å². The molecule has 3 rings (SSSR count). The topological polar surface area (TPSA) is 54.9 Å². The fourth-order valence-corrected chi connectivity index (χ4v) is 3.16. The highest BCUT2D eigenvalue weighted by Gasteiger charge is 2.12. The average molecular weight is 301 g/mol. The molecule has 0 fully saturated rings. The van der Waals surface area contributed by atoms with Gasteiger partial charge in [-0.05, 0) is 43.2 Å². The summed E-state index contributed by atoms with van der Waals surface area (Å²) in [4.78, 5) is 20.0. The van der Waals surface area contributed by atoms with Gasteiger partial charge in [0, 0.05) is 0 Å². The van der Waals surface area contributed by atoms with Gasteiger partial charge < -0.3 is 0 Å². The van der Waals surface area contributed by atoms with Crippen molar-refractivity contribution in [2.45, 2.75) is 13.8 Å². The van der Waals surface area contributed by atoms with Crippen molar-refractivity contribution >= 4 is 32.6 Å². The highest BCUT2D eigenvalue weighted by Crippen LogP contribution is 2.29. The molecule has 0 unspecified atom stereocenters. The van der Waals surface area contributed by atoms with Crippen LogP contribution in [0.3, 0.4) is 0 Å². The van der Waals surface area contributed by atoms with Crippen molar-refractivity contribution in [2.75, 3.05) is 5.32 Å². The molecular weight excluding hydrogens is 289 g/mol. The van der Waals surface area contributed by atoms with Gasteiger partial charge in [-0.3, -0.25) is 10.1 Å². The molecule has 1 N–H and O–H groups in total. The van der Waals surface area contributed by atoms with E-state index >= 15 is 0 Å². The van der Waals surface area contributed by atoms with E-state index in [-0.39, 0.29) is 5.69 Å². The van der Waals surface area contributed by atoms with Crippen molar-refractivity contribution in [3.8, 4) is 0 Å². The first kappa shape index (κ1) is 13.6. The van der Waals surface area contributed by atoms with Gasteiger partial charge in [0.2, 0.25) is 5.95 Å². The van der Waals surface area contributed by atoms with Gasteiger partial charge in [0.25, 0.3) is 5.91 Å². The van der Waals surface area contributed by atoms with Crippen LogP contribution in [0.4, 0.5) is 9.52 Å². The Hall–Kier alpha value is -2.34. The quantitative estimate of drug-likeness (QED) is 0.734. The number of nitrogens with one attached hydrogen (secondary N) is 1. The molecule has 0 atom stereocenters. The molecule has 0 saturated heterocycles. The van der Waals surface area contributed by atoms with E-state index < -0.39 is 11.9 Å². The second kappa shape index (κ2) is 5.21. The molecule has 2 heterocycles. The van der Waals surface area contributed by atoms with E-state index in [1.54, 1.807) is 0 Å². The van der Waals surface area contributed by atoms with E-state index in [0.717, 1.165) is 21.3 Å². The molecule has 0 bridgehead atoms. The summed E-state index contributed by atoms with van der Waals surface area (Å²) in [7, 11) is 0. The number of halogens is 1. The lowest BCUT2D eigenvalue weighted by atomic mass is 10.1. The first-order valence-corrected chi connectivity index (χ1v) is 7.16. The van der Waals surface area contributed by atoms with Crippen LogP contribution in [0.5, 0.6) is 0 Å². The zero-order valence-corrected chi connectivity index (χ0v) is 12.3. The Bertz CT molecular complexity index is 844. The Balaban J connectivity index is 1.91. The van der Waals surface area contributed by atoms with Gasteiger partial charge in [-0.2, -0.15) is 4.39 Å². The summed E-state index contributed by atoms with van der Waals surface area (Å²) in [6, 6.07) is 8.17. The minimum atomic E-state index is -0.682. The number of fused-ring (bicyclic) bond motifs is 1. The Morgan fingerprint density at radius 3 is 2.81 bits per heavy atom. The van der Waals surface area contributed by atoms with Crippen molar-refractivity contribution < 1.29 is 9.18 Å². The van der Waals surface area contributed by atoms with Crippen molar-refractivity contribution in [3.05, 3.63) is 53.1 Å². The number of aryl methyl sites for hydroxylation is 2. The molecule has 21 heavy (non-hydrogen) atoms. The number of benzene rings is 1. The van der Waals surface area contributed by atoms with Crippen LogP contribution in [0.1, 0.15) is 21.6 Å². The number of aromatic nitrogens is 2. The lowest BCUT2D eigenvalue weighted by molar-refractivity contribution is 0.102. The second-order valence-corrected chi connectivity index (χ2v) is 5.78. The summed E-state index contributed by atoms with van der Waals surface area (Å²) in [6.07, 6.45) is 0. The molecule has 3 aromatic rings. The maximum atomic E-state index is 13.0. The molecule has 4 nitrogen and oxygen atoms in total. The standard InChI is InChI=1S/C15H12FN3OS/c1-8-6-9(2)13-11(7-8)21-15(18-13)19-14(20)10-4-3-5-12(16)17-10/h3-7H,1-2H3,(H,18,19,20). The van der Waals surface area contributed by atoms with Gasteiger partial charge in [-0.1, -0.05) is 23.5 Å². The van der Waals surface area contributed by atoms with Gasteiger partial charge in [-0.15, -0.1) is 0 Å². The van der Waals surface area contributed by atoms with Crippen molar-refractivity contribution in [1.82, 2.24) is 9.97 Å². The summed E-state index contributed by atoms with van der Waals surface area (Å²) in [5.74, 6) is -1.15. The Labute approximate surface area is 124 Å². The predicted molar refractivity (Wildman–Crippen MR) is 81.2 cm³/mol. The number of pyridine rings is 1. The molecule has 2 aromatic heterocycles. The monoisotopic (exact) mass is 301 g/mol. The minimum Gasteiger partial charge on any atom is -0.296 e. The predicted octanol–water partition coefficient (Wildman–Crippen LogP) is 3.70. The van der Waals surface area contributed by atoms with Crippen LogP contribution in [-0.2, 0) is 0 Å². The first-order chi connectivity index (χ1) is 10.0. The zero-order chi connectivity index (χ0) is 15.0. The minimum absolute atomic E-state index is 0.0298. The third-order valence-corrected chi connectivity index (χ3v) is 3.92. The van der Waals surface area contributed by atoms with Gasteiger partial charge in [0.15, 0.2) is 5.13 Å². The normalized spacial score (nSPS) is 10.8. The highest BCUT2D eigenvalue weighted by atomic mass is 32.1. The number of thiazole rings is 1. The number of carbonyl (C=O) groups excluding carboxylic acids is 1. The average Bonchev–Trinajstić information content (AvgIpc) is 2.81. The molecule has 1 aromatic carbocycles. The largest absolute Gasteiger partial charge is 0.296 e. The summed E-state index contributed by atoms with van der Waals surface area (Å²) in [5.41, 5.74) is 3.11. The number of hydrogen-bond donors (Lipinski definition) is 1. The van der Waals surface area contributed by atoms with Crippen LogP contribution in [-0.4, -0.2) is 15.9 Å². The lowest BCUT2D eigenvalue weighted by Crippen LogP contribution is -2.13. The summed E-state index contributed by atoms with van der Waals surface area (Å²) in [6.45, 7) is 4.00. The third-order valence-electron chi connectivity index (χ3n) is 3.00. The van der Waals surface area contributed by atoms with Gasteiger partial charge in [0.05, 0.1) is 10.2 Å². The maximum absolute atomic E-state index is 13.0. The van der Waals surface area contributed by atoms with Crippen LogP contribution in [0.15, 0.2) is 30.3 Å². The molecule has 1 amide bonds. The molecule has 0 aliphatic heterocycles. The third kappa shape index (κ3) is 2.75. The summed E-state index contributed by atoms with van der Waals surface area (Å²) >= 11 is 1.39. The molecule has 0 spiro atoms. The molecule has 6 heteroatoms. The molecule has 0 radical (unpaired) electrons. The first-order valence-electron chi connectivity index (χ1n) is 6.34. The molecule has 0 saturated carbocycles. The number of carbonyl (C=O) groups is 1. The van der Waals surface area contributed by atoms with Crippen molar-refractivity contribution in [2.24, 2.45) is 0 Å². The fraction of sp³-hybridized carbons (Fsp3) is 0.133. The maximum Gasteiger partial charge on any atom is 0.276 e. The lowest BCUT2D eigenvalue weighted by Gasteiger charge is -2.00. The number of hydrogen-bond acceptors (Lipinski definition) is 4. The summed E-state index contributed by atoms with van der Waals surface area (Å²) < 4.78 is 14.0. The molecule has 0 aliphatic rings. The Morgan fingerprint density at radius 2 is 2.05 bits per heavy atom. The number of rotatable bonds is 2. The van der Waals surface area contributed by atoms with E-state index in [9.17, 15) is 9.18 Å². The van der Waals surface area contributed by atoms with Gasteiger partial charge >= 0.3 is 0 Å². The fourth-order valence-electron chi connectivity index (χ4n) is 2.12. The number of nitrogens with zero attached hydrogens (tertiary/aromatic N) is 2. The van der Waals surface area contributed by atoms with E-state index in [2.05, 4.69) is 15.3 Å². The van der Waals surface area contributed by atoms with E-state index in [1.165, 1.54) is 29.5 Å². The van der Waals surface area contributed by atoms with E-state index in [1.807, 2.05) is 26.0 Å². The molecule has 106 valence electrons. The van der Waals surface area contributed by atoms with Crippen molar-refractivity contribution in [1.29, 1.82) is 0 Å². The number of anilines is 1. The summed E-state index contributed by atoms with van der Waals surface area (Å²) in [5, 5.41) is 3.14. The Morgan fingerprint density at radius 1 is 1.24 bits per heavy atom. The van der Waals surface area contributed by atoms with E-state index in [0.29, 0.717) is 5.13 Å². The highest BCUT2D eigenvalue weighted by molar-refractivity contribution is 7.22. The molecular formula is C15H12FN3OS. The van der Waals surface area contributed by atoms with Gasteiger partial charge in [-0.25, -0.2) is 9.97 Å². The smallest absolute Gasteiger partial charge is 0.276 e. The molecule has 0 aliphatic carbocycles. The zero-order valence-electron chi connectivity index (χ0n) is 11.5. The van der Waals surface area contributed by atoms with Gasteiger partial charge in [0.1, 0.15) is 5.69 Å². The number of amides is 1. The Kier molecular flexibility index (Phi) is 3.39. The van der Waals surface area contributed by atoms with Crippen LogP contribution < -0.4 is 5.32 Å². The van der Waals surface area contributed by atoms with E-state index in [4.69, 9.17) is 0 Å².